The zero-order valence-electron chi connectivity index (χ0n) is 27.2. The van der Waals surface area contributed by atoms with Crippen LogP contribution in [-0.4, -0.2) is 117 Å². The van der Waals surface area contributed by atoms with Crippen molar-refractivity contribution in [1.82, 2.24) is 25.8 Å². The molecule has 13 heteroatoms. The zero-order valence-corrected chi connectivity index (χ0v) is 27.2. The molecule has 0 aromatic heterocycles. The largest absolute Gasteiger partial charge is 0.377 e. The Morgan fingerprint density at radius 3 is 2.38 bits per heavy atom. The Bertz CT molecular complexity index is 1030. The fourth-order valence-corrected chi connectivity index (χ4v) is 7.18. The Labute approximate surface area is 265 Å². The average Bonchev–Trinajstić information content (AvgIpc) is 3.37. The summed E-state index contributed by atoms with van der Waals surface area (Å²) in [5, 5.41) is 8.95. The van der Waals surface area contributed by atoms with E-state index in [-0.39, 0.29) is 85.6 Å². The van der Waals surface area contributed by atoms with Crippen LogP contribution in [0.2, 0.25) is 0 Å². The summed E-state index contributed by atoms with van der Waals surface area (Å²) in [4.78, 5) is 56.0. The van der Waals surface area contributed by atoms with Crippen LogP contribution in [0.5, 0.6) is 0 Å². The molecule has 4 rings (SSSR count). The molecule has 4 fully saturated rings. The van der Waals surface area contributed by atoms with Crippen molar-refractivity contribution in [2.45, 2.75) is 103 Å². The molecule has 4 atom stereocenters. The first kappa shape index (κ1) is 35.5. The van der Waals surface area contributed by atoms with Crippen molar-refractivity contribution in [3.63, 3.8) is 0 Å². The Hall–Kier alpha value is -2.38. The van der Waals surface area contributed by atoms with Crippen molar-refractivity contribution in [3.05, 3.63) is 0 Å². The zero-order chi connectivity index (χ0) is 32.6. The number of hydrogen-bond acceptors (Lipinski definition) is 7. The van der Waals surface area contributed by atoms with Gasteiger partial charge in [0.05, 0.1) is 25.9 Å². The maximum absolute atomic E-state index is 14.0. The second kappa shape index (κ2) is 15.9. The minimum atomic E-state index is -2.68. The highest BCUT2D eigenvalue weighted by Gasteiger charge is 2.45. The number of fused-ring (bicyclic) bond motifs is 3. The van der Waals surface area contributed by atoms with Gasteiger partial charge in [-0.2, -0.15) is 0 Å². The molecule has 0 aromatic rings. The van der Waals surface area contributed by atoms with Gasteiger partial charge < -0.3 is 30.3 Å². The van der Waals surface area contributed by atoms with Gasteiger partial charge in [0.15, 0.2) is 0 Å². The molecule has 1 saturated carbocycles. The molecule has 45 heavy (non-hydrogen) atoms. The van der Waals surface area contributed by atoms with E-state index in [2.05, 4.69) is 16.0 Å². The average molecular weight is 642 g/mol. The van der Waals surface area contributed by atoms with E-state index in [1.165, 1.54) is 0 Å². The topological polar surface area (TPSA) is 129 Å². The number of hydrogen-bond donors (Lipinski definition) is 3. The summed E-state index contributed by atoms with van der Waals surface area (Å²) >= 11 is 0. The molecule has 0 aromatic carbocycles. The lowest BCUT2D eigenvalue weighted by Crippen LogP contribution is -2.50. The van der Waals surface area contributed by atoms with E-state index >= 15 is 0 Å². The molecule has 0 spiro atoms. The third-order valence-corrected chi connectivity index (χ3v) is 9.52. The summed E-state index contributed by atoms with van der Waals surface area (Å²) < 4.78 is 38.9. The first-order chi connectivity index (χ1) is 21.3. The number of carbonyl (C=O) groups is 4. The highest BCUT2D eigenvalue weighted by atomic mass is 19.3. The van der Waals surface area contributed by atoms with Crippen LogP contribution < -0.4 is 16.0 Å². The van der Waals surface area contributed by atoms with E-state index in [9.17, 15) is 28.0 Å². The number of ether oxygens (including phenoxy) is 2. The van der Waals surface area contributed by atoms with Gasteiger partial charge in [-0.05, 0) is 49.4 Å². The van der Waals surface area contributed by atoms with Crippen LogP contribution in [0.25, 0.3) is 0 Å². The first-order valence-electron chi connectivity index (χ1n) is 16.7. The van der Waals surface area contributed by atoms with E-state index in [0.717, 1.165) is 0 Å². The summed E-state index contributed by atoms with van der Waals surface area (Å²) in [5.41, 5.74) is -0.135. The quantitative estimate of drug-likeness (QED) is 0.421. The molecule has 3 saturated heterocycles. The van der Waals surface area contributed by atoms with Crippen molar-refractivity contribution in [1.29, 1.82) is 0 Å². The molecule has 4 amide bonds. The molecule has 4 aliphatic rings. The van der Waals surface area contributed by atoms with Gasteiger partial charge >= 0.3 is 0 Å². The van der Waals surface area contributed by atoms with E-state index in [4.69, 9.17) is 9.47 Å². The third-order valence-electron chi connectivity index (χ3n) is 9.52. The minimum Gasteiger partial charge on any atom is -0.377 e. The predicted octanol–water partition coefficient (Wildman–Crippen LogP) is 2.08. The second-order valence-corrected chi connectivity index (χ2v) is 14.5. The number of piperidine rings is 1. The molecule has 0 radical (unpaired) electrons. The number of carbonyl (C=O) groups excluding carboxylic acids is 4. The van der Waals surface area contributed by atoms with E-state index in [1.54, 1.807) is 0 Å². The van der Waals surface area contributed by atoms with Crippen LogP contribution in [0, 0.1) is 17.3 Å². The molecule has 1 aliphatic carbocycles. The summed E-state index contributed by atoms with van der Waals surface area (Å²) in [6.07, 6.45) is 2.64. The fraction of sp³-hybridized carbons (Fsp3) is 0.875. The van der Waals surface area contributed by atoms with Crippen molar-refractivity contribution in [3.8, 4) is 0 Å². The maximum Gasteiger partial charge on any atom is 0.248 e. The molecule has 3 aliphatic heterocycles. The minimum absolute atomic E-state index is 0.0310. The lowest BCUT2D eigenvalue weighted by Gasteiger charge is -2.40. The van der Waals surface area contributed by atoms with E-state index < -0.39 is 12.0 Å². The van der Waals surface area contributed by atoms with Gasteiger partial charge in [-0.3, -0.25) is 24.1 Å². The Morgan fingerprint density at radius 2 is 1.64 bits per heavy atom. The fourth-order valence-electron chi connectivity index (χ4n) is 7.18. The highest BCUT2D eigenvalue weighted by Crippen LogP contribution is 2.37. The molecule has 3 N–H and O–H groups in total. The molecule has 256 valence electrons. The van der Waals surface area contributed by atoms with E-state index in [0.29, 0.717) is 84.3 Å². The van der Waals surface area contributed by atoms with Crippen LogP contribution in [0.4, 0.5) is 8.78 Å². The number of alkyl halides is 2. The SMILES string of the molecule is CC(C)(C)CC(=O)N1CC[C@H]2CC(=O)NCCOCCOCC(=O)N[C@H]3C[C@@H](C(=O)NCC[C@H]2C1)N(C1CCC(F)(F)CC1)C3. The van der Waals surface area contributed by atoms with E-state index in [1.807, 2.05) is 30.6 Å². The monoisotopic (exact) mass is 641 g/mol. The summed E-state index contributed by atoms with van der Waals surface area (Å²) in [6.45, 7) is 9.06. The molecular weight excluding hydrogens is 588 g/mol. The summed E-state index contributed by atoms with van der Waals surface area (Å²) in [7, 11) is 0. The number of amides is 4. The third kappa shape index (κ3) is 11.1. The van der Waals surface area contributed by atoms with Crippen LogP contribution >= 0.6 is 0 Å². The van der Waals surface area contributed by atoms with Crippen LogP contribution in [0.1, 0.15) is 78.6 Å². The van der Waals surface area contributed by atoms with Crippen LogP contribution in [-0.2, 0) is 28.7 Å². The van der Waals surface area contributed by atoms with Gasteiger partial charge in [0.2, 0.25) is 29.6 Å². The van der Waals surface area contributed by atoms with Crippen molar-refractivity contribution in [2.75, 3.05) is 59.2 Å². The Morgan fingerprint density at radius 1 is 0.911 bits per heavy atom. The van der Waals surface area contributed by atoms with Crippen LogP contribution in [0.3, 0.4) is 0 Å². The number of likely N-dealkylation sites (tertiary alicyclic amines) is 2. The van der Waals surface area contributed by atoms with Crippen molar-refractivity contribution < 1.29 is 37.4 Å². The van der Waals surface area contributed by atoms with Gasteiger partial charge in [0.25, 0.3) is 0 Å². The van der Waals surface area contributed by atoms with Gasteiger partial charge in [0.1, 0.15) is 6.61 Å². The lowest BCUT2D eigenvalue weighted by molar-refractivity contribution is -0.136. The van der Waals surface area contributed by atoms with Gasteiger partial charge in [-0.25, -0.2) is 8.78 Å². The molecule has 0 unspecified atom stereocenters. The molecule has 2 bridgehead atoms. The van der Waals surface area contributed by atoms with Gasteiger partial charge in [-0.1, -0.05) is 20.8 Å². The molecule has 3 heterocycles. The van der Waals surface area contributed by atoms with Crippen LogP contribution in [0.15, 0.2) is 0 Å². The molecular formula is C32H53F2N5O6. The molecule has 11 nitrogen and oxygen atoms in total. The first-order valence-corrected chi connectivity index (χ1v) is 16.7. The highest BCUT2D eigenvalue weighted by molar-refractivity contribution is 5.83. The predicted molar refractivity (Wildman–Crippen MR) is 163 cm³/mol. The van der Waals surface area contributed by atoms with Crippen molar-refractivity contribution in [2.24, 2.45) is 17.3 Å². The smallest absolute Gasteiger partial charge is 0.248 e. The van der Waals surface area contributed by atoms with Gasteiger partial charge in [-0.15, -0.1) is 0 Å². The van der Waals surface area contributed by atoms with Crippen molar-refractivity contribution >= 4 is 23.6 Å². The lowest BCUT2D eigenvalue weighted by atomic mass is 9.80. The Balaban J connectivity index is 1.45. The van der Waals surface area contributed by atoms with Gasteiger partial charge in [0, 0.05) is 70.5 Å². The number of nitrogens with zero attached hydrogens (tertiary/aromatic N) is 2. The summed E-state index contributed by atoms with van der Waals surface area (Å²) in [5.74, 6) is -3.04. The normalized spacial score (nSPS) is 30.8. The second-order valence-electron chi connectivity index (χ2n) is 14.5. The maximum atomic E-state index is 14.0. The number of nitrogens with one attached hydrogen (secondary N) is 3. The number of rotatable bonds is 2. The number of halogens is 2. The Kier molecular flexibility index (Phi) is 12.6. The standard InChI is InChI=1S/C32H53F2N5O6/c1-31(2,3)18-29(42)38-12-7-22-16-27(40)35-11-13-44-14-15-45-21-28(41)37-24-17-26(30(43)36-10-6-23(22)19-38)39(20-24)25-4-8-32(33,34)9-5-25/h22-26H,4-21H2,1-3H3,(H,35,40)(H,36,43)(H,37,41)/t22-,23-,24-,26-/m0/s1. The summed E-state index contributed by atoms with van der Waals surface area (Å²) in [6, 6.07) is -1.01.